The molecule has 1 aromatic carbocycles. The van der Waals surface area contributed by atoms with Gasteiger partial charge in [0.25, 0.3) is 0 Å². The molecule has 4 aliphatic rings. The summed E-state index contributed by atoms with van der Waals surface area (Å²) >= 11 is 4.65. The van der Waals surface area contributed by atoms with E-state index in [1.54, 1.807) is 23.1 Å². The predicted octanol–water partition coefficient (Wildman–Crippen LogP) is 4.31. The molecule has 1 saturated heterocycles. The molecule has 2 aliphatic carbocycles. The van der Waals surface area contributed by atoms with Gasteiger partial charge in [-0.15, -0.1) is 23.1 Å². The van der Waals surface area contributed by atoms with Crippen molar-refractivity contribution in [3.05, 3.63) is 67.0 Å². The third-order valence-electron chi connectivity index (χ3n) is 7.66. The lowest BCUT2D eigenvalue weighted by atomic mass is 9.69. The minimum atomic E-state index is -0.394. The first-order valence-electron chi connectivity index (χ1n) is 10.6. The number of thioether (sulfide) groups is 1. The molecule has 2 bridgehead atoms. The van der Waals surface area contributed by atoms with Gasteiger partial charge in [-0.05, 0) is 59.9 Å². The van der Waals surface area contributed by atoms with E-state index in [-0.39, 0.29) is 57.4 Å². The van der Waals surface area contributed by atoms with Crippen molar-refractivity contribution in [2.75, 3.05) is 4.90 Å². The van der Waals surface area contributed by atoms with Crippen molar-refractivity contribution >= 4 is 51.9 Å². The molecule has 7 rings (SSSR count). The predicted molar refractivity (Wildman–Crippen MR) is 122 cm³/mol. The SMILES string of the molecule is O=C1[C@@H]2[C@H]3C[C@@H]([C@@H]2C(=O)N1c1ccc(F)cc1)[C@@H]1[C@H](c2cccs2)c2sc(=O)[nH]c2S[C@@H]31. The molecule has 2 saturated carbocycles. The highest BCUT2D eigenvalue weighted by Crippen LogP contribution is 2.68. The number of hydrogen-bond acceptors (Lipinski definition) is 6. The number of fused-ring (bicyclic) bond motifs is 9. The van der Waals surface area contributed by atoms with Crippen LogP contribution in [0.5, 0.6) is 0 Å². The van der Waals surface area contributed by atoms with Gasteiger partial charge in [-0.1, -0.05) is 17.4 Å². The van der Waals surface area contributed by atoms with Gasteiger partial charge >= 0.3 is 4.87 Å². The third kappa shape index (κ3) is 2.42. The van der Waals surface area contributed by atoms with E-state index in [1.165, 1.54) is 45.4 Å². The van der Waals surface area contributed by atoms with Crippen LogP contribution in [0.1, 0.15) is 22.1 Å². The molecule has 7 atom stereocenters. The Kier molecular flexibility index (Phi) is 4.00. The minimum Gasteiger partial charge on any atom is -0.307 e. The van der Waals surface area contributed by atoms with Crippen molar-refractivity contribution < 1.29 is 14.0 Å². The number of rotatable bonds is 2. The maximum atomic E-state index is 13.5. The number of H-pyrrole nitrogens is 1. The molecule has 0 unspecified atom stereocenters. The molecular formula is C23H17FN2O3S3. The Bertz CT molecular complexity index is 1310. The van der Waals surface area contributed by atoms with Crippen LogP contribution in [0, 0.1) is 35.4 Å². The maximum Gasteiger partial charge on any atom is 0.305 e. The zero-order chi connectivity index (χ0) is 21.7. The largest absolute Gasteiger partial charge is 0.307 e. The first kappa shape index (κ1) is 19.3. The summed E-state index contributed by atoms with van der Waals surface area (Å²) in [4.78, 5) is 45.7. The Morgan fingerprint density at radius 2 is 1.75 bits per heavy atom. The molecule has 2 aromatic heterocycles. The smallest absolute Gasteiger partial charge is 0.305 e. The van der Waals surface area contributed by atoms with Crippen molar-refractivity contribution in [1.82, 2.24) is 4.98 Å². The van der Waals surface area contributed by atoms with E-state index in [1.807, 2.05) is 6.07 Å². The Hall–Kier alpha value is -2.23. The average Bonchev–Trinajstić information content (AvgIpc) is 3.57. The molecular weight excluding hydrogens is 467 g/mol. The van der Waals surface area contributed by atoms with Crippen LogP contribution in [0.25, 0.3) is 0 Å². The summed E-state index contributed by atoms with van der Waals surface area (Å²) in [5.41, 5.74) is 0.448. The van der Waals surface area contributed by atoms with E-state index in [4.69, 9.17) is 0 Å². The van der Waals surface area contributed by atoms with Gasteiger partial charge in [0.1, 0.15) is 5.82 Å². The van der Waals surface area contributed by atoms with Crippen LogP contribution in [-0.4, -0.2) is 22.0 Å². The number of hydrogen-bond donors (Lipinski definition) is 1. The molecule has 32 heavy (non-hydrogen) atoms. The first-order chi connectivity index (χ1) is 15.5. The first-order valence-corrected chi connectivity index (χ1v) is 13.2. The quantitative estimate of drug-likeness (QED) is 0.550. The lowest BCUT2D eigenvalue weighted by molar-refractivity contribution is -0.123. The normalized spacial score (nSPS) is 34.7. The summed E-state index contributed by atoms with van der Waals surface area (Å²) in [7, 11) is 0. The monoisotopic (exact) mass is 484 g/mol. The highest BCUT2D eigenvalue weighted by atomic mass is 32.2. The number of benzene rings is 1. The molecule has 5 nitrogen and oxygen atoms in total. The van der Waals surface area contributed by atoms with E-state index in [0.717, 1.165) is 16.3 Å². The molecule has 3 aromatic rings. The molecule has 0 spiro atoms. The topological polar surface area (TPSA) is 70.2 Å². The fourth-order valence-electron chi connectivity index (χ4n) is 6.65. The van der Waals surface area contributed by atoms with Gasteiger partial charge in [-0.25, -0.2) is 4.39 Å². The second-order valence-electron chi connectivity index (χ2n) is 8.96. The van der Waals surface area contributed by atoms with Gasteiger partial charge in [-0.3, -0.25) is 19.3 Å². The maximum absolute atomic E-state index is 13.5. The van der Waals surface area contributed by atoms with Crippen LogP contribution < -0.4 is 9.77 Å². The zero-order valence-corrected chi connectivity index (χ0v) is 19.0. The number of halogens is 1. The van der Waals surface area contributed by atoms with E-state index >= 15 is 0 Å². The molecule has 3 fully saturated rings. The molecule has 1 N–H and O–H groups in total. The van der Waals surface area contributed by atoms with Gasteiger partial charge in [0.2, 0.25) is 11.8 Å². The Labute approximate surface area is 194 Å². The van der Waals surface area contributed by atoms with E-state index < -0.39 is 5.82 Å². The Morgan fingerprint density at radius 1 is 1.00 bits per heavy atom. The van der Waals surface area contributed by atoms with E-state index in [0.29, 0.717) is 5.69 Å². The van der Waals surface area contributed by atoms with E-state index in [9.17, 15) is 18.8 Å². The number of carbonyl (C=O) groups is 2. The number of thiazole rings is 1. The second-order valence-corrected chi connectivity index (χ2v) is 12.1. The summed E-state index contributed by atoms with van der Waals surface area (Å²) < 4.78 is 13.4. The Balaban J connectivity index is 1.32. The minimum absolute atomic E-state index is 0.0498. The number of nitrogens with one attached hydrogen (secondary N) is 1. The number of anilines is 1. The van der Waals surface area contributed by atoms with Crippen LogP contribution in [0.3, 0.4) is 0 Å². The van der Waals surface area contributed by atoms with Gasteiger partial charge in [0, 0.05) is 20.9 Å². The summed E-state index contributed by atoms with van der Waals surface area (Å²) in [5.74, 6) is -0.873. The zero-order valence-electron chi connectivity index (χ0n) is 16.6. The van der Waals surface area contributed by atoms with Crippen molar-refractivity contribution in [2.24, 2.45) is 29.6 Å². The molecule has 9 heteroatoms. The fraction of sp³-hybridized carbons (Fsp3) is 0.348. The summed E-state index contributed by atoms with van der Waals surface area (Å²) in [6.45, 7) is 0. The standard InChI is InChI=1S/C23H17FN2O3S3/c24-9-3-5-10(6-4-9)26-21(27)15-11-8-12(16(15)22(26)28)18-14(11)17(13-2-1-7-30-13)19-20(31-18)25-23(29)32-19/h1-7,11-12,14-18H,8H2,(H,25,29)/t11-,12-,14-,15+,16-,17+,18+/m1/s1. The Morgan fingerprint density at radius 3 is 2.47 bits per heavy atom. The average molecular weight is 485 g/mol. The molecule has 162 valence electrons. The van der Waals surface area contributed by atoms with Crippen LogP contribution >= 0.6 is 34.4 Å². The van der Waals surface area contributed by atoms with Crippen LogP contribution in [0.4, 0.5) is 10.1 Å². The van der Waals surface area contributed by atoms with Crippen LogP contribution in [-0.2, 0) is 9.59 Å². The number of thiophene rings is 1. The highest BCUT2D eigenvalue weighted by Gasteiger charge is 2.69. The lowest BCUT2D eigenvalue weighted by Gasteiger charge is -2.42. The van der Waals surface area contributed by atoms with E-state index in [2.05, 4.69) is 16.4 Å². The third-order valence-corrected chi connectivity index (χ3v) is 11.2. The molecule has 2 aliphatic heterocycles. The summed E-state index contributed by atoms with van der Waals surface area (Å²) in [6.07, 6.45) is 0.869. The number of aromatic amines is 1. The molecule has 4 heterocycles. The van der Waals surface area contributed by atoms with Gasteiger partial charge in [-0.2, -0.15) is 0 Å². The second kappa shape index (κ2) is 6.65. The highest BCUT2D eigenvalue weighted by molar-refractivity contribution is 8.00. The summed E-state index contributed by atoms with van der Waals surface area (Å²) in [5, 5.41) is 3.17. The van der Waals surface area contributed by atoms with Gasteiger partial charge in [0.15, 0.2) is 0 Å². The van der Waals surface area contributed by atoms with Crippen molar-refractivity contribution in [3.8, 4) is 0 Å². The number of carbonyl (C=O) groups excluding carboxylic acids is 2. The number of amides is 2. The van der Waals surface area contributed by atoms with Crippen LogP contribution in [0.2, 0.25) is 0 Å². The van der Waals surface area contributed by atoms with Crippen molar-refractivity contribution in [1.29, 1.82) is 0 Å². The number of imide groups is 1. The van der Waals surface area contributed by atoms with Crippen molar-refractivity contribution in [2.45, 2.75) is 22.6 Å². The number of aromatic nitrogens is 1. The molecule has 2 amide bonds. The molecule has 0 radical (unpaired) electrons. The van der Waals surface area contributed by atoms with Crippen LogP contribution in [0.15, 0.2) is 51.6 Å². The summed E-state index contributed by atoms with van der Waals surface area (Å²) in [6, 6.07) is 9.73. The van der Waals surface area contributed by atoms with Crippen molar-refractivity contribution in [3.63, 3.8) is 0 Å². The fourth-order valence-corrected chi connectivity index (χ4v) is 10.5. The van der Waals surface area contributed by atoms with Gasteiger partial charge in [0.05, 0.1) is 22.5 Å². The number of nitrogens with zero attached hydrogens (tertiary/aromatic N) is 1. The van der Waals surface area contributed by atoms with Gasteiger partial charge < -0.3 is 4.98 Å². The lowest BCUT2D eigenvalue weighted by Crippen LogP contribution is -2.42.